The third-order valence-electron chi connectivity index (χ3n) is 8.23. The highest BCUT2D eigenvalue weighted by molar-refractivity contribution is 5.72. The zero-order valence-corrected chi connectivity index (χ0v) is 24.0. The molecule has 1 fully saturated rings. The minimum absolute atomic E-state index is 0.0498. The second-order valence-corrected chi connectivity index (χ2v) is 11.7. The Kier molecular flexibility index (Phi) is 8.01. The van der Waals surface area contributed by atoms with Crippen molar-refractivity contribution in [2.24, 2.45) is 0 Å². The van der Waals surface area contributed by atoms with Gasteiger partial charge in [-0.2, -0.15) is 0 Å². The molecule has 41 heavy (non-hydrogen) atoms. The zero-order chi connectivity index (χ0) is 29.4. The first-order chi connectivity index (χ1) is 19.4. The predicted molar refractivity (Wildman–Crippen MR) is 154 cm³/mol. The van der Waals surface area contributed by atoms with E-state index in [0.29, 0.717) is 24.7 Å². The number of aryl methyl sites for hydroxylation is 2. The van der Waals surface area contributed by atoms with E-state index in [9.17, 15) is 15.0 Å². The maximum atomic E-state index is 11.1. The molecule has 0 amide bonds. The normalized spacial score (nSPS) is 25.3. The summed E-state index contributed by atoms with van der Waals surface area (Å²) < 4.78 is 23.6. The number of fused-ring (bicyclic) bond motifs is 1. The maximum absolute atomic E-state index is 11.1. The van der Waals surface area contributed by atoms with Gasteiger partial charge in [0.05, 0.1) is 31.3 Å². The third kappa shape index (κ3) is 6.35. The molecule has 218 valence electrons. The van der Waals surface area contributed by atoms with Crippen molar-refractivity contribution in [3.05, 3.63) is 76.9 Å². The molecule has 0 saturated carbocycles. The number of benzene rings is 3. The molecule has 3 N–H and O–H groups in total. The summed E-state index contributed by atoms with van der Waals surface area (Å²) in [6.45, 7) is 8.41. The van der Waals surface area contributed by atoms with E-state index in [1.165, 1.54) is 0 Å². The van der Waals surface area contributed by atoms with E-state index in [2.05, 4.69) is 26.0 Å². The van der Waals surface area contributed by atoms with E-state index in [1.807, 2.05) is 42.5 Å². The SMILES string of the molecule is Cc1cc(OCC2CC(C)(O)C(C)(O)CO2)cc(C)c1-c1cccc(COc2ccc3c(c2)OCC3CC(=O)O)c1. The number of aliphatic carboxylic acids is 1. The number of aliphatic hydroxyl groups is 2. The van der Waals surface area contributed by atoms with Gasteiger partial charge in [-0.05, 0) is 79.8 Å². The molecule has 3 aromatic carbocycles. The fraction of sp³-hybridized carbons (Fsp3) is 0.424. The lowest BCUT2D eigenvalue weighted by molar-refractivity contribution is -0.226. The average molecular weight is 563 g/mol. The average Bonchev–Trinajstić information content (AvgIpc) is 3.29. The molecule has 2 heterocycles. The Morgan fingerprint density at radius 3 is 2.44 bits per heavy atom. The van der Waals surface area contributed by atoms with Crippen LogP contribution in [0.4, 0.5) is 0 Å². The largest absolute Gasteiger partial charge is 0.492 e. The number of hydrogen-bond acceptors (Lipinski definition) is 7. The van der Waals surface area contributed by atoms with Gasteiger partial charge in [0.15, 0.2) is 0 Å². The first-order valence-corrected chi connectivity index (χ1v) is 13.9. The zero-order valence-electron chi connectivity index (χ0n) is 24.0. The van der Waals surface area contributed by atoms with Crippen LogP contribution in [0, 0.1) is 13.8 Å². The Hall–Kier alpha value is -3.59. The summed E-state index contributed by atoms with van der Waals surface area (Å²) in [6.07, 6.45) is 0.0219. The molecule has 1 saturated heterocycles. The van der Waals surface area contributed by atoms with Gasteiger partial charge < -0.3 is 34.3 Å². The van der Waals surface area contributed by atoms with Crippen molar-refractivity contribution in [1.29, 1.82) is 0 Å². The van der Waals surface area contributed by atoms with Crippen LogP contribution in [-0.4, -0.2) is 58.4 Å². The van der Waals surface area contributed by atoms with E-state index in [4.69, 9.17) is 24.1 Å². The quantitative estimate of drug-likeness (QED) is 0.327. The summed E-state index contributed by atoms with van der Waals surface area (Å²) in [5, 5.41) is 30.1. The summed E-state index contributed by atoms with van der Waals surface area (Å²) in [7, 11) is 0. The van der Waals surface area contributed by atoms with Crippen LogP contribution in [0.25, 0.3) is 11.1 Å². The summed E-state index contributed by atoms with van der Waals surface area (Å²) in [5.41, 5.74) is 3.74. The van der Waals surface area contributed by atoms with Gasteiger partial charge in [-0.15, -0.1) is 0 Å². The Labute approximate surface area is 240 Å². The number of ether oxygens (including phenoxy) is 4. The molecule has 8 heteroatoms. The van der Waals surface area contributed by atoms with Crippen molar-refractivity contribution in [3.63, 3.8) is 0 Å². The van der Waals surface area contributed by atoms with Gasteiger partial charge in [0.1, 0.15) is 36.1 Å². The minimum atomic E-state index is -1.29. The Bertz CT molecular complexity index is 1400. The van der Waals surface area contributed by atoms with Crippen LogP contribution in [-0.2, 0) is 16.1 Å². The summed E-state index contributed by atoms with van der Waals surface area (Å²) >= 11 is 0. The summed E-state index contributed by atoms with van der Waals surface area (Å²) in [4.78, 5) is 11.1. The monoisotopic (exact) mass is 562 g/mol. The number of carbonyl (C=O) groups is 1. The second kappa shape index (κ2) is 11.4. The first-order valence-electron chi connectivity index (χ1n) is 13.9. The van der Waals surface area contributed by atoms with Crippen molar-refractivity contribution < 1.29 is 39.1 Å². The van der Waals surface area contributed by atoms with Gasteiger partial charge in [0.2, 0.25) is 0 Å². The van der Waals surface area contributed by atoms with Gasteiger partial charge in [0, 0.05) is 24.0 Å². The minimum Gasteiger partial charge on any atom is -0.492 e. The van der Waals surface area contributed by atoms with E-state index < -0.39 is 17.2 Å². The van der Waals surface area contributed by atoms with Crippen LogP contribution >= 0.6 is 0 Å². The van der Waals surface area contributed by atoms with Gasteiger partial charge in [0.25, 0.3) is 0 Å². The highest BCUT2D eigenvalue weighted by Gasteiger charge is 2.47. The number of carboxylic acids is 1. The molecule has 5 rings (SSSR count). The highest BCUT2D eigenvalue weighted by atomic mass is 16.5. The van der Waals surface area contributed by atoms with E-state index in [-0.39, 0.29) is 38.1 Å². The molecule has 0 spiro atoms. The van der Waals surface area contributed by atoms with Gasteiger partial charge in [-0.3, -0.25) is 4.79 Å². The highest BCUT2D eigenvalue weighted by Crippen LogP contribution is 2.39. The Morgan fingerprint density at radius 2 is 1.73 bits per heavy atom. The van der Waals surface area contributed by atoms with E-state index in [1.54, 1.807) is 13.8 Å². The van der Waals surface area contributed by atoms with Crippen molar-refractivity contribution >= 4 is 5.97 Å². The third-order valence-corrected chi connectivity index (χ3v) is 8.23. The number of hydrogen-bond donors (Lipinski definition) is 3. The first kappa shape index (κ1) is 28.9. The van der Waals surface area contributed by atoms with Crippen molar-refractivity contribution in [2.75, 3.05) is 19.8 Å². The molecule has 0 bridgehead atoms. The topological polar surface area (TPSA) is 115 Å². The van der Waals surface area contributed by atoms with Crippen LogP contribution in [0.5, 0.6) is 17.2 Å². The second-order valence-electron chi connectivity index (χ2n) is 11.7. The lowest BCUT2D eigenvalue weighted by Gasteiger charge is -2.45. The molecule has 0 radical (unpaired) electrons. The van der Waals surface area contributed by atoms with Gasteiger partial charge >= 0.3 is 5.97 Å². The lowest BCUT2D eigenvalue weighted by Crippen LogP contribution is -2.59. The fourth-order valence-corrected chi connectivity index (χ4v) is 5.63. The van der Waals surface area contributed by atoms with Crippen LogP contribution in [0.15, 0.2) is 54.6 Å². The molecular formula is C33H38O8. The number of carboxylic acid groups (broad SMARTS) is 1. The van der Waals surface area contributed by atoms with E-state index in [0.717, 1.165) is 39.1 Å². The van der Waals surface area contributed by atoms with Crippen LogP contribution in [0.3, 0.4) is 0 Å². The van der Waals surface area contributed by atoms with Crippen molar-refractivity contribution in [3.8, 4) is 28.4 Å². The number of rotatable bonds is 9. The standard InChI is InChI=1S/C33H38O8/c1-20-10-26(39-18-27-15-32(3,36)33(4,37)19-41-27)11-21(2)31(20)23-7-5-6-22(12-23)16-38-25-8-9-28-24(13-30(34)35)17-40-29(28)14-25/h5-12,14,24,27,36-37H,13,15-19H2,1-4H3,(H,34,35). The fourth-order valence-electron chi connectivity index (χ4n) is 5.63. The molecule has 2 aliphatic heterocycles. The molecule has 2 aliphatic rings. The Balaban J connectivity index is 1.23. The molecular weight excluding hydrogens is 524 g/mol. The van der Waals surface area contributed by atoms with Crippen molar-refractivity contribution in [1.82, 2.24) is 0 Å². The van der Waals surface area contributed by atoms with Crippen LogP contribution in [0.1, 0.15) is 54.9 Å². The Morgan fingerprint density at radius 1 is 0.976 bits per heavy atom. The van der Waals surface area contributed by atoms with Gasteiger partial charge in [-0.25, -0.2) is 0 Å². The molecule has 4 unspecified atom stereocenters. The summed E-state index contributed by atoms with van der Waals surface area (Å²) in [6, 6.07) is 17.8. The molecule has 4 atom stereocenters. The smallest absolute Gasteiger partial charge is 0.304 e. The van der Waals surface area contributed by atoms with Crippen molar-refractivity contribution in [2.45, 2.75) is 70.4 Å². The van der Waals surface area contributed by atoms with Crippen LogP contribution in [0.2, 0.25) is 0 Å². The molecule has 3 aromatic rings. The van der Waals surface area contributed by atoms with Crippen LogP contribution < -0.4 is 14.2 Å². The molecule has 0 aliphatic carbocycles. The lowest BCUT2D eigenvalue weighted by atomic mass is 9.80. The predicted octanol–water partition coefficient (Wildman–Crippen LogP) is 5.17. The summed E-state index contributed by atoms with van der Waals surface area (Å²) in [5.74, 6) is 1.12. The van der Waals surface area contributed by atoms with E-state index >= 15 is 0 Å². The van der Waals surface area contributed by atoms with Gasteiger partial charge in [-0.1, -0.05) is 24.3 Å². The molecule has 0 aromatic heterocycles. The maximum Gasteiger partial charge on any atom is 0.304 e. The molecule has 8 nitrogen and oxygen atoms in total.